The Hall–Kier alpha value is -1.28. The van der Waals surface area contributed by atoms with Crippen LogP contribution in [0.5, 0.6) is 0 Å². The summed E-state index contributed by atoms with van der Waals surface area (Å²) in [5, 5.41) is 3.45. The van der Waals surface area contributed by atoms with Gasteiger partial charge < -0.3 is 5.32 Å². The van der Waals surface area contributed by atoms with Crippen LogP contribution in [0.15, 0.2) is 53.0 Å². The van der Waals surface area contributed by atoms with Gasteiger partial charge in [-0.1, -0.05) is 53.5 Å². The maximum Gasteiger partial charge on any atom is 0.0400 e. The monoisotopic (exact) mass is 317 g/mol. The molecular weight excluding hydrogens is 298 g/mol. The summed E-state index contributed by atoms with van der Waals surface area (Å²) in [4.78, 5) is 0. The Bertz CT molecular complexity index is 488. The zero-order valence-corrected chi connectivity index (χ0v) is 12.9. The van der Waals surface area contributed by atoms with Gasteiger partial charge in [0.05, 0.1) is 0 Å². The van der Waals surface area contributed by atoms with Gasteiger partial charge in [0, 0.05) is 16.7 Å². The van der Waals surface area contributed by atoms with Gasteiger partial charge in [-0.05, 0) is 48.2 Å². The molecule has 100 valence electrons. The van der Waals surface area contributed by atoms with Gasteiger partial charge in [0.25, 0.3) is 0 Å². The average Bonchev–Trinajstić information content (AvgIpc) is 2.46. The third kappa shape index (κ3) is 4.71. The van der Waals surface area contributed by atoms with E-state index in [9.17, 15) is 0 Å². The van der Waals surface area contributed by atoms with E-state index in [1.54, 1.807) is 0 Å². The standard InChI is InChI=1S/C17H20BrN/c1-2-3-4-14-7-11-17(12-8-14)19-13-15-5-9-16(18)10-6-15/h5-12,19H,2-4,13H2,1H3. The molecule has 0 atom stereocenters. The third-order valence-corrected chi connectivity index (χ3v) is 3.71. The summed E-state index contributed by atoms with van der Waals surface area (Å²) in [7, 11) is 0. The van der Waals surface area contributed by atoms with Gasteiger partial charge in [-0.15, -0.1) is 0 Å². The number of hydrogen-bond acceptors (Lipinski definition) is 1. The Labute approximate surface area is 124 Å². The number of anilines is 1. The van der Waals surface area contributed by atoms with Crippen LogP contribution in [-0.2, 0) is 13.0 Å². The van der Waals surface area contributed by atoms with E-state index in [0.717, 1.165) is 11.0 Å². The highest BCUT2D eigenvalue weighted by Gasteiger charge is 1.96. The Morgan fingerprint density at radius 1 is 0.895 bits per heavy atom. The number of nitrogens with one attached hydrogen (secondary N) is 1. The van der Waals surface area contributed by atoms with Crippen LogP contribution in [0.25, 0.3) is 0 Å². The molecule has 0 amide bonds. The van der Waals surface area contributed by atoms with Gasteiger partial charge in [0.15, 0.2) is 0 Å². The van der Waals surface area contributed by atoms with Crippen LogP contribution >= 0.6 is 15.9 Å². The largest absolute Gasteiger partial charge is 0.381 e. The van der Waals surface area contributed by atoms with Crippen molar-refractivity contribution in [3.63, 3.8) is 0 Å². The first-order valence-electron chi connectivity index (χ1n) is 6.85. The van der Waals surface area contributed by atoms with Crippen LogP contribution < -0.4 is 5.32 Å². The van der Waals surface area contributed by atoms with E-state index in [2.05, 4.69) is 76.7 Å². The van der Waals surface area contributed by atoms with E-state index in [1.165, 1.54) is 36.1 Å². The number of halogens is 1. The fraction of sp³-hybridized carbons (Fsp3) is 0.294. The Balaban J connectivity index is 1.87. The number of aryl methyl sites for hydroxylation is 1. The quantitative estimate of drug-likeness (QED) is 0.751. The number of benzene rings is 2. The molecule has 0 saturated carbocycles. The Kier molecular flexibility index (Phi) is 5.46. The van der Waals surface area contributed by atoms with Gasteiger partial charge in [0.1, 0.15) is 0 Å². The molecule has 1 N–H and O–H groups in total. The van der Waals surface area contributed by atoms with Crippen molar-refractivity contribution in [1.82, 2.24) is 0 Å². The summed E-state index contributed by atoms with van der Waals surface area (Å²) in [6.45, 7) is 3.09. The van der Waals surface area contributed by atoms with Crippen molar-refractivity contribution in [2.75, 3.05) is 5.32 Å². The molecule has 0 aliphatic heterocycles. The second-order valence-corrected chi connectivity index (χ2v) is 5.70. The molecule has 2 heteroatoms. The van der Waals surface area contributed by atoms with Crippen molar-refractivity contribution < 1.29 is 0 Å². The summed E-state index contributed by atoms with van der Waals surface area (Å²) in [5.74, 6) is 0. The lowest BCUT2D eigenvalue weighted by Gasteiger charge is -2.08. The summed E-state index contributed by atoms with van der Waals surface area (Å²) in [5.41, 5.74) is 3.90. The molecule has 0 radical (unpaired) electrons. The second-order valence-electron chi connectivity index (χ2n) is 4.78. The topological polar surface area (TPSA) is 12.0 Å². The van der Waals surface area contributed by atoms with Crippen LogP contribution in [-0.4, -0.2) is 0 Å². The predicted octanol–water partition coefficient (Wildman–Crippen LogP) is 5.40. The lowest BCUT2D eigenvalue weighted by atomic mass is 10.1. The average molecular weight is 318 g/mol. The van der Waals surface area contributed by atoms with Crippen LogP contribution in [0.1, 0.15) is 30.9 Å². The normalized spacial score (nSPS) is 10.4. The summed E-state index contributed by atoms with van der Waals surface area (Å²) in [6, 6.07) is 17.2. The van der Waals surface area contributed by atoms with E-state index < -0.39 is 0 Å². The lowest BCUT2D eigenvalue weighted by Crippen LogP contribution is -1.99. The van der Waals surface area contributed by atoms with E-state index in [4.69, 9.17) is 0 Å². The van der Waals surface area contributed by atoms with Gasteiger partial charge in [-0.25, -0.2) is 0 Å². The molecular formula is C17H20BrN. The highest BCUT2D eigenvalue weighted by Crippen LogP contribution is 2.14. The molecule has 0 aliphatic carbocycles. The fourth-order valence-electron chi connectivity index (χ4n) is 1.98. The van der Waals surface area contributed by atoms with Gasteiger partial charge in [0.2, 0.25) is 0 Å². The highest BCUT2D eigenvalue weighted by atomic mass is 79.9. The van der Waals surface area contributed by atoms with E-state index in [-0.39, 0.29) is 0 Å². The first-order chi connectivity index (χ1) is 9.28. The molecule has 0 heterocycles. The second kappa shape index (κ2) is 7.34. The SMILES string of the molecule is CCCCc1ccc(NCc2ccc(Br)cc2)cc1. The lowest BCUT2D eigenvalue weighted by molar-refractivity contribution is 0.795. The zero-order chi connectivity index (χ0) is 13.5. The van der Waals surface area contributed by atoms with E-state index >= 15 is 0 Å². The molecule has 2 rings (SSSR count). The van der Waals surface area contributed by atoms with Crippen molar-refractivity contribution in [3.8, 4) is 0 Å². The molecule has 2 aromatic carbocycles. The Morgan fingerprint density at radius 2 is 1.53 bits per heavy atom. The number of hydrogen-bond donors (Lipinski definition) is 1. The molecule has 1 nitrogen and oxygen atoms in total. The van der Waals surface area contributed by atoms with Crippen LogP contribution in [0.3, 0.4) is 0 Å². The first kappa shape index (κ1) is 14.1. The minimum Gasteiger partial charge on any atom is -0.381 e. The van der Waals surface area contributed by atoms with Gasteiger partial charge >= 0.3 is 0 Å². The molecule has 0 spiro atoms. The van der Waals surface area contributed by atoms with Crippen LogP contribution in [0, 0.1) is 0 Å². The van der Waals surface area contributed by atoms with E-state index in [0.29, 0.717) is 0 Å². The van der Waals surface area contributed by atoms with Crippen molar-refractivity contribution in [1.29, 1.82) is 0 Å². The molecule has 0 saturated heterocycles. The minimum absolute atomic E-state index is 0.863. The van der Waals surface area contributed by atoms with Gasteiger partial charge in [-0.3, -0.25) is 0 Å². The fourth-order valence-corrected chi connectivity index (χ4v) is 2.24. The molecule has 0 unspecified atom stereocenters. The summed E-state index contributed by atoms with van der Waals surface area (Å²) in [6.07, 6.45) is 3.71. The van der Waals surface area contributed by atoms with Crippen molar-refractivity contribution >= 4 is 21.6 Å². The zero-order valence-electron chi connectivity index (χ0n) is 11.3. The molecule has 19 heavy (non-hydrogen) atoms. The Morgan fingerprint density at radius 3 is 2.16 bits per heavy atom. The van der Waals surface area contributed by atoms with E-state index in [1.807, 2.05) is 0 Å². The maximum absolute atomic E-state index is 3.45. The highest BCUT2D eigenvalue weighted by molar-refractivity contribution is 9.10. The van der Waals surface area contributed by atoms with Gasteiger partial charge in [-0.2, -0.15) is 0 Å². The number of rotatable bonds is 6. The predicted molar refractivity (Wildman–Crippen MR) is 86.5 cm³/mol. The van der Waals surface area contributed by atoms with Crippen LogP contribution in [0.2, 0.25) is 0 Å². The summed E-state index contributed by atoms with van der Waals surface area (Å²) >= 11 is 3.45. The minimum atomic E-state index is 0.863. The smallest absolute Gasteiger partial charge is 0.0400 e. The molecule has 0 aromatic heterocycles. The maximum atomic E-state index is 3.45. The first-order valence-corrected chi connectivity index (χ1v) is 7.64. The summed E-state index contributed by atoms with van der Waals surface area (Å²) < 4.78 is 1.12. The third-order valence-electron chi connectivity index (χ3n) is 3.18. The molecule has 0 aliphatic rings. The number of unbranched alkanes of at least 4 members (excludes halogenated alkanes) is 1. The van der Waals surface area contributed by atoms with Crippen molar-refractivity contribution in [2.45, 2.75) is 32.7 Å². The molecule has 0 bridgehead atoms. The van der Waals surface area contributed by atoms with Crippen molar-refractivity contribution in [2.24, 2.45) is 0 Å². The molecule has 0 fully saturated rings. The molecule has 2 aromatic rings. The van der Waals surface area contributed by atoms with Crippen molar-refractivity contribution in [3.05, 3.63) is 64.1 Å². The van der Waals surface area contributed by atoms with Crippen LogP contribution in [0.4, 0.5) is 5.69 Å².